The topological polar surface area (TPSA) is 29.5 Å². The molecule has 0 fully saturated rings. The lowest BCUT2D eigenvalue weighted by Crippen LogP contribution is -1.87. The molecule has 0 saturated heterocycles. The lowest BCUT2D eigenvalue weighted by atomic mass is 10.00. The Morgan fingerprint density at radius 1 is 1.18 bits per heavy atom. The molecule has 2 aromatic carbocycles. The molecule has 3 heteroatoms. The zero-order chi connectivity index (χ0) is 12.4. The van der Waals surface area contributed by atoms with E-state index in [0.29, 0.717) is 10.8 Å². The molecule has 0 aromatic heterocycles. The quantitative estimate of drug-likeness (QED) is 0.870. The first-order valence-electron chi connectivity index (χ1n) is 5.25. The van der Waals surface area contributed by atoms with Crippen LogP contribution in [0.5, 0.6) is 11.5 Å². The van der Waals surface area contributed by atoms with Crippen molar-refractivity contribution >= 4 is 11.6 Å². The number of halogens is 1. The van der Waals surface area contributed by atoms with Crippen LogP contribution in [-0.2, 0) is 0 Å². The summed E-state index contributed by atoms with van der Waals surface area (Å²) in [6, 6.07) is 10.8. The van der Waals surface area contributed by atoms with Crippen LogP contribution in [0.1, 0.15) is 5.56 Å². The molecule has 0 unspecified atom stereocenters. The van der Waals surface area contributed by atoms with Gasteiger partial charge in [0.05, 0.1) is 7.11 Å². The minimum atomic E-state index is 0.179. The molecular formula is C14H13ClO2. The van der Waals surface area contributed by atoms with Crippen LogP contribution in [0.15, 0.2) is 36.4 Å². The number of ether oxygens (including phenoxy) is 1. The Morgan fingerprint density at radius 3 is 2.65 bits per heavy atom. The summed E-state index contributed by atoms with van der Waals surface area (Å²) in [5.74, 6) is 0.804. The second-order valence-corrected chi connectivity index (χ2v) is 4.24. The van der Waals surface area contributed by atoms with Gasteiger partial charge in [0.1, 0.15) is 11.5 Å². The van der Waals surface area contributed by atoms with Crippen molar-refractivity contribution in [3.8, 4) is 22.6 Å². The van der Waals surface area contributed by atoms with Gasteiger partial charge in [-0.25, -0.2) is 0 Å². The zero-order valence-corrected chi connectivity index (χ0v) is 10.5. The van der Waals surface area contributed by atoms with E-state index in [0.717, 1.165) is 16.7 Å². The Hall–Kier alpha value is -1.67. The van der Waals surface area contributed by atoms with Crippen LogP contribution in [0.4, 0.5) is 0 Å². The van der Waals surface area contributed by atoms with Gasteiger partial charge >= 0.3 is 0 Å². The first kappa shape index (κ1) is 11.8. The molecular weight excluding hydrogens is 236 g/mol. The second kappa shape index (κ2) is 4.68. The van der Waals surface area contributed by atoms with Crippen molar-refractivity contribution < 1.29 is 9.84 Å². The molecule has 2 rings (SSSR count). The van der Waals surface area contributed by atoms with Crippen molar-refractivity contribution in [1.82, 2.24) is 0 Å². The van der Waals surface area contributed by atoms with E-state index in [1.165, 1.54) is 0 Å². The molecule has 1 N–H and O–H groups in total. The van der Waals surface area contributed by atoms with Gasteiger partial charge in [-0.05, 0) is 41.8 Å². The standard InChI is InChI=1S/C14H13ClO2/c1-9-13(4-3-5-14(9)15)10-6-11(16)8-12(7-10)17-2/h3-8,16H,1-2H3. The van der Waals surface area contributed by atoms with Gasteiger partial charge in [-0.1, -0.05) is 23.7 Å². The molecule has 0 aliphatic carbocycles. The van der Waals surface area contributed by atoms with Crippen LogP contribution in [-0.4, -0.2) is 12.2 Å². The first-order valence-corrected chi connectivity index (χ1v) is 5.63. The second-order valence-electron chi connectivity index (χ2n) is 3.83. The van der Waals surface area contributed by atoms with E-state index in [2.05, 4.69) is 0 Å². The fourth-order valence-electron chi connectivity index (χ4n) is 1.78. The van der Waals surface area contributed by atoms with E-state index in [-0.39, 0.29) is 5.75 Å². The van der Waals surface area contributed by atoms with Crippen LogP contribution in [0, 0.1) is 6.92 Å². The summed E-state index contributed by atoms with van der Waals surface area (Å²) in [7, 11) is 1.57. The highest BCUT2D eigenvalue weighted by molar-refractivity contribution is 6.31. The van der Waals surface area contributed by atoms with Gasteiger partial charge < -0.3 is 9.84 Å². The molecule has 2 nitrogen and oxygen atoms in total. The fourth-order valence-corrected chi connectivity index (χ4v) is 1.95. The molecule has 0 aliphatic heterocycles. The van der Waals surface area contributed by atoms with Crippen LogP contribution < -0.4 is 4.74 Å². The Kier molecular flexibility index (Phi) is 3.25. The van der Waals surface area contributed by atoms with Crippen molar-refractivity contribution in [2.45, 2.75) is 6.92 Å². The largest absolute Gasteiger partial charge is 0.508 e. The molecule has 0 radical (unpaired) electrons. The van der Waals surface area contributed by atoms with Crippen LogP contribution >= 0.6 is 11.6 Å². The molecule has 0 heterocycles. The average Bonchev–Trinajstić information content (AvgIpc) is 2.31. The summed E-state index contributed by atoms with van der Waals surface area (Å²) in [6.45, 7) is 1.95. The van der Waals surface area contributed by atoms with E-state index in [9.17, 15) is 5.11 Å². The highest BCUT2D eigenvalue weighted by Gasteiger charge is 2.07. The Morgan fingerprint density at radius 2 is 1.94 bits per heavy atom. The molecule has 2 aromatic rings. The number of phenolic OH excluding ortho intramolecular Hbond substituents is 1. The van der Waals surface area contributed by atoms with Crippen molar-refractivity contribution in [1.29, 1.82) is 0 Å². The maximum atomic E-state index is 9.63. The predicted molar refractivity (Wildman–Crippen MR) is 69.8 cm³/mol. The van der Waals surface area contributed by atoms with E-state index in [1.807, 2.05) is 31.2 Å². The Labute approximate surface area is 105 Å². The summed E-state index contributed by atoms with van der Waals surface area (Å²) >= 11 is 6.08. The highest BCUT2D eigenvalue weighted by Crippen LogP contribution is 2.33. The first-order chi connectivity index (χ1) is 8.11. The van der Waals surface area contributed by atoms with Crippen molar-refractivity contribution in [2.24, 2.45) is 0 Å². The maximum absolute atomic E-state index is 9.63. The average molecular weight is 249 g/mol. The van der Waals surface area contributed by atoms with Gasteiger partial charge in [0.15, 0.2) is 0 Å². The highest BCUT2D eigenvalue weighted by atomic mass is 35.5. The molecule has 0 amide bonds. The fraction of sp³-hybridized carbons (Fsp3) is 0.143. The normalized spacial score (nSPS) is 10.3. The monoisotopic (exact) mass is 248 g/mol. The van der Waals surface area contributed by atoms with Gasteiger partial charge in [-0.15, -0.1) is 0 Å². The lowest BCUT2D eigenvalue weighted by Gasteiger charge is -2.10. The van der Waals surface area contributed by atoms with Gasteiger partial charge in [0.2, 0.25) is 0 Å². The summed E-state index contributed by atoms with van der Waals surface area (Å²) in [5, 5.41) is 10.3. The van der Waals surface area contributed by atoms with Gasteiger partial charge in [-0.3, -0.25) is 0 Å². The number of methoxy groups -OCH3 is 1. The lowest BCUT2D eigenvalue weighted by molar-refractivity contribution is 0.408. The van der Waals surface area contributed by atoms with Crippen LogP contribution in [0.3, 0.4) is 0 Å². The van der Waals surface area contributed by atoms with Crippen LogP contribution in [0.2, 0.25) is 5.02 Å². The third-order valence-electron chi connectivity index (χ3n) is 2.71. The molecule has 17 heavy (non-hydrogen) atoms. The number of hydrogen-bond donors (Lipinski definition) is 1. The molecule has 0 bridgehead atoms. The van der Waals surface area contributed by atoms with E-state index < -0.39 is 0 Å². The molecule has 0 saturated carbocycles. The summed E-state index contributed by atoms with van der Waals surface area (Å²) < 4.78 is 5.13. The Balaban J connectivity index is 2.60. The number of rotatable bonds is 2. The molecule has 88 valence electrons. The zero-order valence-electron chi connectivity index (χ0n) is 9.70. The number of benzene rings is 2. The third-order valence-corrected chi connectivity index (χ3v) is 3.12. The Bertz CT molecular complexity index is 550. The van der Waals surface area contributed by atoms with Crippen molar-refractivity contribution in [3.63, 3.8) is 0 Å². The third kappa shape index (κ3) is 2.37. The van der Waals surface area contributed by atoms with Crippen molar-refractivity contribution in [3.05, 3.63) is 47.0 Å². The predicted octanol–water partition coefficient (Wildman–Crippen LogP) is 4.03. The molecule has 0 spiro atoms. The summed E-state index contributed by atoms with van der Waals surface area (Å²) in [4.78, 5) is 0. The van der Waals surface area contributed by atoms with Crippen LogP contribution in [0.25, 0.3) is 11.1 Å². The van der Waals surface area contributed by atoms with E-state index >= 15 is 0 Å². The molecule has 0 atom stereocenters. The number of phenols is 1. The van der Waals surface area contributed by atoms with E-state index in [1.54, 1.807) is 19.2 Å². The van der Waals surface area contributed by atoms with Crippen molar-refractivity contribution in [2.75, 3.05) is 7.11 Å². The summed E-state index contributed by atoms with van der Waals surface area (Å²) in [5.41, 5.74) is 2.87. The minimum absolute atomic E-state index is 0.179. The number of aromatic hydroxyl groups is 1. The SMILES string of the molecule is COc1cc(O)cc(-c2cccc(Cl)c2C)c1. The minimum Gasteiger partial charge on any atom is -0.508 e. The maximum Gasteiger partial charge on any atom is 0.123 e. The summed E-state index contributed by atoms with van der Waals surface area (Å²) in [6.07, 6.45) is 0. The molecule has 0 aliphatic rings. The van der Waals surface area contributed by atoms with Gasteiger partial charge in [0.25, 0.3) is 0 Å². The number of hydrogen-bond acceptors (Lipinski definition) is 2. The van der Waals surface area contributed by atoms with Gasteiger partial charge in [0, 0.05) is 11.1 Å². The smallest absolute Gasteiger partial charge is 0.123 e. The van der Waals surface area contributed by atoms with E-state index in [4.69, 9.17) is 16.3 Å². The van der Waals surface area contributed by atoms with Gasteiger partial charge in [-0.2, -0.15) is 0 Å².